The number of hydrogen-bond donors (Lipinski definition) is 4. The van der Waals surface area contributed by atoms with Crippen LogP contribution < -0.4 is 10.6 Å². The topological polar surface area (TPSA) is 158 Å². The summed E-state index contributed by atoms with van der Waals surface area (Å²) >= 11 is 0. The molecule has 4 amide bonds. The monoisotopic (exact) mass is 460 g/mol. The minimum atomic E-state index is -0.412. The third-order valence-corrected chi connectivity index (χ3v) is 3.74. The number of nitrogens with zero attached hydrogens (tertiary/aromatic N) is 2. The van der Waals surface area contributed by atoms with Crippen LogP contribution in [0.2, 0.25) is 0 Å². The van der Waals surface area contributed by atoms with E-state index in [1.165, 1.54) is 7.11 Å². The average Bonchev–Trinajstić information content (AvgIpc) is 3.37. The number of amides is 4. The first-order chi connectivity index (χ1) is 15.1. The summed E-state index contributed by atoms with van der Waals surface area (Å²) in [7, 11) is 2.33. The second kappa shape index (κ2) is 18.6. The van der Waals surface area contributed by atoms with E-state index in [2.05, 4.69) is 28.5 Å². The molecule has 2 fully saturated rings. The SMILES string of the molecule is C=C(C)C(=O)OC.C=C(C)C(=O)OCCN1CCNC1=O.CO.O=C1NCCN1CCO. The molecule has 2 rings (SSSR count). The average molecular weight is 461 g/mol. The highest BCUT2D eigenvalue weighted by Crippen LogP contribution is 1.97. The molecule has 0 aromatic rings. The van der Waals surface area contributed by atoms with E-state index in [1.807, 2.05) is 0 Å². The Bertz CT molecular complexity index is 639. The van der Waals surface area contributed by atoms with Gasteiger partial charge in [0.1, 0.15) is 6.61 Å². The highest BCUT2D eigenvalue weighted by Gasteiger charge is 2.19. The van der Waals surface area contributed by atoms with Gasteiger partial charge in [0.2, 0.25) is 0 Å². The predicted octanol–water partition coefficient (Wildman–Crippen LogP) is -0.521. The van der Waals surface area contributed by atoms with Crippen molar-refractivity contribution in [1.82, 2.24) is 20.4 Å². The number of ether oxygens (including phenoxy) is 2. The Morgan fingerprint density at radius 3 is 1.66 bits per heavy atom. The lowest BCUT2D eigenvalue weighted by Crippen LogP contribution is -2.31. The van der Waals surface area contributed by atoms with Crippen molar-refractivity contribution >= 4 is 24.0 Å². The zero-order valence-corrected chi connectivity index (χ0v) is 19.3. The van der Waals surface area contributed by atoms with Gasteiger partial charge in [0, 0.05) is 51.0 Å². The largest absolute Gasteiger partial charge is 0.466 e. The van der Waals surface area contributed by atoms with E-state index in [4.69, 9.17) is 14.9 Å². The Morgan fingerprint density at radius 1 is 0.938 bits per heavy atom. The number of rotatable bonds is 7. The van der Waals surface area contributed by atoms with Crippen molar-refractivity contribution in [3.8, 4) is 0 Å². The first kappa shape index (κ1) is 31.1. The molecular weight excluding hydrogens is 424 g/mol. The lowest BCUT2D eigenvalue weighted by molar-refractivity contribution is -0.139. The number of nitrogens with one attached hydrogen (secondary N) is 2. The van der Waals surface area contributed by atoms with E-state index >= 15 is 0 Å². The van der Waals surface area contributed by atoms with Crippen LogP contribution in [0.4, 0.5) is 9.59 Å². The molecule has 0 saturated carbocycles. The van der Waals surface area contributed by atoms with Crippen molar-refractivity contribution in [1.29, 1.82) is 0 Å². The molecule has 4 N–H and O–H groups in total. The van der Waals surface area contributed by atoms with Gasteiger partial charge in [-0.3, -0.25) is 0 Å². The van der Waals surface area contributed by atoms with E-state index in [-0.39, 0.29) is 31.2 Å². The highest BCUT2D eigenvalue weighted by atomic mass is 16.5. The van der Waals surface area contributed by atoms with Gasteiger partial charge in [-0.05, 0) is 13.8 Å². The molecule has 2 aliphatic rings. The molecule has 12 heteroatoms. The molecule has 32 heavy (non-hydrogen) atoms. The molecule has 0 aromatic heterocycles. The summed E-state index contributed by atoms with van der Waals surface area (Å²) in [6, 6.07) is -0.166. The van der Waals surface area contributed by atoms with Crippen LogP contribution in [0.15, 0.2) is 24.3 Å². The van der Waals surface area contributed by atoms with Gasteiger partial charge in [-0.2, -0.15) is 0 Å². The van der Waals surface area contributed by atoms with Gasteiger partial charge in [-0.25, -0.2) is 19.2 Å². The standard InChI is InChI=1S/C9H14N2O3.C5H10N2O2.C5H8O2.CH4O/c1-7(2)8(12)14-6-5-11-4-3-10-9(11)13;8-4-3-7-2-1-6-5(7)9;1-4(2)5(6)7-3;1-2/h1,3-6H2,2H3,(H,10,13);8H,1-4H2,(H,6,9);1H2,2-3H3;2H,1H3. The third-order valence-electron chi connectivity index (χ3n) is 3.74. The number of methoxy groups -OCH3 is 1. The number of aliphatic hydroxyl groups excluding tert-OH is 2. The molecule has 2 heterocycles. The third kappa shape index (κ3) is 14.0. The molecule has 2 saturated heterocycles. The number of aliphatic hydroxyl groups is 2. The van der Waals surface area contributed by atoms with Gasteiger partial charge < -0.3 is 40.1 Å². The van der Waals surface area contributed by atoms with Crippen molar-refractivity contribution in [2.24, 2.45) is 0 Å². The molecule has 0 aromatic carbocycles. The maximum absolute atomic E-state index is 11.0. The molecule has 12 nitrogen and oxygen atoms in total. The summed E-state index contributed by atoms with van der Waals surface area (Å²) in [5, 5.41) is 20.7. The van der Waals surface area contributed by atoms with Crippen molar-refractivity contribution in [2.75, 3.05) is 66.7 Å². The van der Waals surface area contributed by atoms with Crippen LogP contribution >= 0.6 is 0 Å². The van der Waals surface area contributed by atoms with E-state index in [1.54, 1.807) is 23.6 Å². The first-order valence-electron chi connectivity index (χ1n) is 9.81. The van der Waals surface area contributed by atoms with Gasteiger partial charge in [0.25, 0.3) is 0 Å². The minimum absolute atomic E-state index is 0.0490. The number of β-amino-alcohol motifs (C(OH)–C–C–N with tert-alkyl or cyclic N) is 1. The summed E-state index contributed by atoms with van der Waals surface area (Å²) in [4.78, 5) is 46.0. The molecule has 184 valence electrons. The first-order valence-corrected chi connectivity index (χ1v) is 9.81. The quantitative estimate of drug-likeness (QED) is 0.292. The summed E-state index contributed by atoms with van der Waals surface area (Å²) < 4.78 is 9.13. The number of esters is 2. The van der Waals surface area contributed by atoms with Crippen LogP contribution in [0.1, 0.15) is 13.8 Å². The minimum Gasteiger partial charge on any atom is -0.466 e. The van der Waals surface area contributed by atoms with Gasteiger partial charge in [0.05, 0.1) is 20.3 Å². The molecule has 0 radical (unpaired) electrons. The van der Waals surface area contributed by atoms with Gasteiger partial charge >= 0.3 is 24.0 Å². The van der Waals surface area contributed by atoms with E-state index in [0.717, 1.165) is 13.7 Å². The molecule has 0 unspecified atom stereocenters. The number of carbonyl (C=O) groups excluding carboxylic acids is 4. The Kier molecular flexibility index (Phi) is 18.1. The van der Waals surface area contributed by atoms with Crippen molar-refractivity contribution in [2.45, 2.75) is 13.8 Å². The fourth-order valence-electron chi connectivity index (χ4n) is 2.12. The van der Waals surface area contributed by atoms with Crippen LogP contribution in [0, 0.1) is 0 Å². The van der Waals surface area contributed by atoms with Crippen molar-refractivity contribution < 1.29 is 38.9 Å². The maximum atomic E-state index is 11.0. The summed E-state index contributed by atoms with van der Waals surface area (Å²) in [5.41, 5.74) is 0.804. The number of hydrogen-bond acceptors (Lipinski definition) is 8. The molecular formula is C20H36N4O8. The van der Waals surface area contributed by atoms with Crippen LogP contribution in [-0.4, -0.2) is 111 Å². The smallest absolute Gasteiger partial charge is 0.333 e. The van der Waals surface area contributed by atoms with Crippen molar-refractivity contribution in [3.63, 3.8) is 0 Å². The van der Waals surface area contributed by atoms with E-state index in [9.17, 15) is 19.2 Å². The fraction of sp³-hybridized carbons (Fsp3) is 0.600. The summed E-state index contributed by atoms with van der Waals surface area (Å²) in [6.45, 7) is 13.9. The Balaban J connectivity index is 0. The fourth-order valence-corrected chi connectivity index (χ4v) is 2.12. The zero-order chi connectivity index (χ0) is 25.1. The highest BCUT2D eigenvalue weighted by molar-refractivity contribution is 5.87. The Morgan fingerprint density at radius 2 is 1.38 bits per heavy atom. The van der Waals surface area contributed by atoms with Crippen LogP contribution in [-0.2, 0) is 19.1 Å². The second-order valence-electron chi connectivity index (χ2n) is 6.35. The normalized spacial score (nSPS) is 13.7. The van der Waals surface area contributed by atoms with Gasteiger partial charge in [-0.1, -0.05) is 13.2 Å². The van der Waals surface area contributed by atoms with Gasteiger partial charge in [-0.15, -0.1) is 0 Å². The lowest BCUT2D eigenvalue weighted by atomic mass is 10.4. The van der Waals surface area contributed by atoms with Crippen LogP contribution in [0.3, 0.4) is 0 Å². The van der Waals surface area contributed by atoms with E-state index < -0.39 is 5.97 Å². The molecule has 0 atom stereocenters. The summed E-state index contributed by atoms with van der Waals surface area (Å²) in [5.74, 6) is -0.760. The lowest BCUT2D eigenvalue weighted by Gasteiger charge is -2.13. The molecule has 0 bridgehead atoms. The van der Waals surface area contributed by atoms with Gasteiger partial charge in [0.15, 0.2) is 0 Å². The van der Waals surface area contributed by atoms with E-state index in [0.29, 0.717) is 43.9 Å². The number of urea groups is 2. The Hall–Kier alpha value is -3.12. The Labute approximate surface area is 188 Å². The zero-order valence-electron chi connectivity index (χ0n) is 19.3. The summed E-state index contributed by atoms with van der Waals surface area (Å²) in [6.07, 6.45) is 0. The van der Waals surface area contributed by atoms with Crippen LogP contribution in [0.25, 0.3) is 0 Å². The predicted molar refractivity (Wildman–Crippen MR) is 118 cm³/mol. The molecule has 2 aliphatic heterocycles. The van der Waals surface area contributed by atoms with Crippen LogP contribution in [0.5, 0.6) is 0 Å². The maximum Gasteiger partial charge on any atom is 0.333 e. The second-order valence-corrected chi connectivity index (χ2v) is 6.35. The molecule has 0 spiro atoms. The molecule has 0 aliphatic carbocycles. The number of carbonyl (C=O) groups is 4. The van der Waals surface area contributed by atoms with Crippen molar-refractivity contribution in [3.05, 3.63) is 24.3 Å².